The summed E-state index contributed by atoms with van der Waals surface area (Å²) in [6.45, 7) is 11.8. The van der Waals surface area contributed by atoms with E-state index in [4.69, 9.17) is 0 Å². The number of hydrogen-bond donors (Lipinski definition) is 1. The molecule has 0 bridgehead atoms. The van der Waals surface area contributed by atoms with E-state index in [-0.39, 0.29) is 0 Å². The summed E-state index contributed by atoms with van der Waals surface area (Å²) in [5, 5.41) is 3.27. The Balaban J connectivity index is 2.59. The molecule has 1 aliphatic heterocycles. The summed E-state index contributed by atoms with van der Waals surface area (Å²) in [4.78, 5) is 5.18. The average molecular weight is 227 g/mol. The Morgan fingerprint density at radius 2 is 1.94 bits per heavy atom. The summed E-state index contributed by atoms with van der Waals surface area (Å²) in [5.74, 6) is 0.784. The van der Waals surface area contributed by atoms with Crippen LogP contribution in [0, 0.1) is 5.92 Å². The molecule has 1 aliphatic rings. The molecule has 1 fully saturated rings. The topological polar surface area (TPSA) is 18.5 Å². The Kier molecular flexibility index (Phi) is 5.73. The Labute approximate surface area is 101 Å². The molecule has 2 unspecified atom stereocenters. The van der Waals surface area contributed by atoms with Crippen molar-refractivity contribution >= 4 is 0 Å². The molecule has 1 rings (SSSR count). The Morgan fingerprint density at radius 1 is 1.25 bits per heavy atom. The van der Waals surface area contributed by atoms with Gasteiger partial charge in [-0.05, 0) is 46.8 Å². The van der Waals surface area contributed by atoms with Gasteiger partial charge in [-0.2, -0.15) is 0 Å². The zero-order valence-corrected chi connectivity index (χ0v) is 11.7. The second kappa shape index (κ2) is 6.58. The molecule has 0 saturated carbocycles. The van der Waals surface area contributed by atoms with E-state index in [0.29, 0.717) is 12.1 Å². The van der Waals surface area contributed by atoms with Crippen LogP contribution in [0.2, 0.25) is 0 Å². The van der Waals surface area contributed by atoms with Crippen molar-refractivity contribution < 1.29 is 0 Å². The number of hydrogen-bond acceptors (Lipinski definition) is 3. The maximum absolute atomic E-state index is 3.27. The highest BCUT2D eigenvalue weighted by Crippen LogP contribution is 2.16. The lowest BCUT2D eigenvalue weighted by Gasteiger charge is -2.31. The van der Waals surface area contributed by atoms with E-state index in [1.165, 1.54) is 26.1 Å². The molecule has 0 aromatic heterocycles. The second-order valence-electron chi connectivity index (χ2n) is 5.64. The SMILES string of the molecule is CNCCC1CN(C(C)C)CC(C)CN1C. The molecular formula is C13H29N3. The van der Waals surface area contributed by atoms with Crippen molar-refractivity contribution in [3.63, 3.8) is 0 Å². The minimum Gasteiger partial charge on any atom is -0.320 e. The zero-order chi connectivity index (χ0) is 12.1. The third-order valence-electron chi connectivity index (χ3n) is 3.67. The van der Waals surface area contributed by atoms with Gasteiger partial charge in [-0.25, -0.2) is 0 Å². The Hall–Kier alpha value is -0.120. The number of rotatable bonds is 4. The fraction of sp³-hybridized carbons (Fsp3) is 1.00. The van der Waals surface area contributed by atoms with Crippen LogP contribution in [0.5, 0.6) is 0 Å². The summed E-state index contributed by atoms with van der Waals surface area (Å²) in [6, 6.07) is 1.38. The van der Waals surface area contributed by atoms with Gasteiger partial charge < -0.3 is 10.2 Å². The van der Waals surface area contributed by atoms with Gasteiger partial charge >= 0.3 is 0 Å². The maximum atomic E-state index is 3.27. The summed E-state index contributed by atoms with van der Waals surface area (Å²) in [5.41, 5.74) is 0. The fourth-order valence-corrected chi connectivity index (χ4v) is 2.63. The van der Waals surface area contributed by atoms with Gasteiger partial charge in [-0.15, -0.1) is 0 Å². The monoisotopic (exact) mass is 227 g/mol. The van der Waals surface area contributed by atoms with Crippen LogP contribution < -0.4 is 5.32 Å². The van der Waals surface area contributed by atoms with Crippen LogP contribution in [-0.2, 0) is 0 Å². The minimum absolute atomic E-state index is 0.672. The Morgan fingerprint density at radius 3 is 2.50 bits per heavy atom. The van der Waals surface area contributed by atoms with Crippen LogP contribution in [-0.4, -0.2) is 62.2 Å². The molecule has 1 saturated heterocycles. The third kappa shape index (κ3) is 4.04. The van der Waals surface area contributed by atoms with E-state index in [0.717, 1.165) is 12.5 Å². The second-order valence-corrected chi connectivity index (χ2v) is 5.64. The van der Waals surface area contributed by atoms with Gasteiger partial charge in [0.2, 0.25) is 0 Å². The Bertz CT molecular complexity index is 194. The largest absolute Gasteiger partial charge is 0.320 e. The molecule has 16 heavy (non-hydrogen) atoms. The first kappa shape index (κ1) is 13.9. The van der Waals surface area contributed by atoms with Gasteiger partial charge in [0.1, 0.15) is 0 Å². The zero-order valence-electron chi connectivity index (χ0n) is 11.7. The lowest BCUT2D eigenvalue weighted by Crippen LogP contribution is -2.42. The average Bonchev–Trinajstić information content (AvgIpc) is 2.34. The summed E-state index contributed by atoms with van der Waals surface area (Å²) in [7, 11) is 4.32. The molecule has 1 N–H and O–H groups in total. The molecule has 0 aromatic rings. The molecule has 0 aliphatic carbocycles. The molecule has 3 nitrogen and oxygen atoms in total. The highest BCUT2D eigenvalue weighted by molar-refractivity contribution is 4.82. The van der Waals surface area contributed by atoms with Gasteiger partial charge in [0.15, 0.2) is 0 Å². The van der Waals surface area contributed by atoms with Gasteiger partial charge in [-0.3, -0.25) is 4.90 Å². The van der Waals surface area contributed by atoms with Gasteiger partial charge in [0, 0.05) is 31.7 Å². The molecular weight excluding hydrogens is 198 g/mol. The summed E-state index contributed by atoms with van der Waals surface area (Å²) >= 11 is 0. The number of nitrogens with one attached hydrogen (secondary N) is 1. The van der Waals surface area contributed by atoms with Crippen molar-refractivity contribution in [2.45, 2.75) is 39.3 Å². The lowest BCUT2D eigenvalue weighted by atomic mass is 10.1. The first-order valence-electron chi connectivity index (χ1n) is 6.63. The molecule has 0 aromatic carbocycles. The third-order valence-corrected chi connectivity index (χ3v) is 3.67. The quantitative estimate of drug-likeness (QED) is 0.780. The molecule has 0 amide bonds. The number of nitrogens with zero attached hydrogens (tertiary/aromatic N) is 2. The standard InChI is InChI=1S/C13H29N3/c1-11(2)16-9-12(3)8-15(5)13(10-16)6-7-14-4/h11-14H,6-10H2,1-5H3. The molecule has 2 atom stereocenters. The summed E-state index contributed by atoms with van der Waals surface area (Å²) < 4.78 is 0. The molecule has 1 heterocycles. The minimum atomic E-state index is 0.672. The van der Waals surface area contributed by atoms with E-state index in [1.54, 1.807) is 0 Å². The van der Waals surface area contributed by atoms with Crippen molar-refractivity contribution in [1.29, 1.82) is 0 Å². The normalized spacial score (nSPS) is 29.6. The van der Waals surface area contributed by atoms with E-state index >= 15 is 0 Å². The first-order valence-corrected chi connectivity index (χ1v) is 6.63. The molecule has 0 spiro atoms. The lowest BCUT2D eigenvalue weighted by molar-refractivity contribution is 0.173. The molecule has 0 radical (unpaired) electrons. The highest BCUT2D eigenvalue weighted by atomic mass is 15.2. The molecule has 3 heteroatoms. The van der Waals surface area contributed by atoms with E-state index < -0.39 is 0 Å². The van der Waals surface area contributed by atoms with Crippen LogP contribution in [0.3, 0.4) is 0 Å². The highest BCUT2D eigenvalue weighted by Gasteiger charge is 2.26. The van der Waals surface area contributed by atoms with Crippen molar-refractivity contribution in [2.24, 2.45) is 5.92 Å². The molecule has 96 valence electrons. The van der Waals surface area contributed by atoms with Gasteiger partial charge in [0.25, 0.3) is 0 Å². The number of likely N-dealkylation sites (N-methyl/N-ethyl adjacent to an activating group) is 1. The van der Waals surface area contributed by atoms with E-state index in [1.807, 2.05) is 7.05 Å². The van der Waals surface area contributed by atoms with Crippen molar-refractivity contribution in [2.75, 3.05) is 40.3 Å². The van der Waals surface area contributed by atoms with Gasteiger partial charge in [0.05, 0.1) is 0 Å². The van der Waals surface area contributed by atoms with Crippen molar-refractivity contribution in [3.05, 3.63) is 0 Å². The van der Waals surface area contributed by atoms with Crippen LogP contribution in [0.1, 0.15) is 27.2 Å². The van der Waals surface area contributed by atoms with E-state index in [9.17, 15) is 0 Å². The van der Waals surface area contributed by atoms with Crippen molar-refractivity contribution in [1.82, 2.24) is 15.1 Å². The van der Waals surface area contributed by atoms with Crippen LogP contribution in [0.25, 0.3) is 0 Å². The predicted molar refractivity (Wildman–Crippen MR) is 70.8 cm³/mol. The first-order chi connectivity index (χ1) is 7.54. The predicted octanol–water partition coefficient (Wildman–Crippen LogP) is 1.26. The van der Waals surface area contributed by atoms with E-state index in [2.05, 4.69) is 42.9 Å². The summed E-state index contributed by atoms with van der Waals surface area (Å²) in [6.07, 6.45) is 1.25. The van der Waals surface area contributed by atoms with Crippen LogP contribution >= 0.6 is 0 Å². The smallest absolute Gasteiger partial charge is 0.0232 e. The van der Waals surface area contributed by atoms with Crippen molar-refractivity contribution in [3.8, 4) is 0 Å². The van der Waals surface area contributed by atoms with Gasteiger partial charge in [-0.1, -0.05) is 6.92 Å². The van der Waals surface area contributed by atoms with Crippen LogP contribution in [0.15, 0.2) is 0 Å². The maximum Gasteiger partial charge on any atom is 0.0232 e. The fourth-order valence-electron chi connectivity index (χ4n) is 2.63. The van der Waals surface area contributed by atoms with Crippen LogP contribution in [0.4, 0.5) is 0 Å².